The van der Waals surface area contributed by atoms with Crippen molar-refractivity contribution in [1.82, 2.24) is 4.90 Å². The van der Waals surface area contributed by atoms with Gasteiger partial charge in [-0.25, -0.2) is 0 Å². The molecule has 128 valence electrons. The molecule has 4 rings (SSSR count). The predicted molar refractivity (Wildman–Crippen MR) is 99.3 cm³/mol. The lowest BCUT2D eigenvalue weighted by atomic mass is 10.1. The Balaban J connectivity index is 1.38. The number of rotatable bonds is 7. The SMILES string of the molecule is O=C(CCN(Cc1ccco1)C1CC1)Nc1cccc2ccccc12. The number of nitrogens with one attached hydrogen (secondary N) is 1. The minimum Gasteiger partial charge on any atom is -0.468 e. The van der Waals surface area contributed by atoms with E-state index in [2.05, 4.69) is 22.3 Å². The van der Waals surface area contributed by atoms with E-state index in [4.69, 9.17) is 4.42 Å². The number of carbonyl (C=O) groups excluding carboxylic acids is 1. The van der Waals surface area contributed by atoms with Gasteiger partial charge in [-0.3, -0.25) is 9.69 Å². The highest BCUT2D eigenvalue weighted by atomic mass is 16.3. The Morgan fingerprint density at radius 1 is 1.08 bits per heavy atom. The van der Waals surface area contributed by atoms with Gasteiger partial charge in [-0.15, -0.1) is 0 Å². The fraction of sp³-hybridized carbons (Fsp3) is 0.286. The molecule has 25 heavy (non-hydrogen) atoms. The lowest BCUT2D eigenvalue weighted by Gasteiger charge is -2.20. The molecular weight excluding hydrogens is 312 g/mol. The van der Waals surface area contributed by atoms with Crippen molar-refractivity contribution in [2.75, 3.05) is 11.9 Å². The number of nitrogens with zero attached hydrogens (tertiary/aromatic N) is 1. The molecule has 3 aromatic rings. The van der Waals surface area contributed by atoms with Crippen LogP contribution in [0, 0.1) is 0 Å². The second kappa shape index (κ2) is 7.11. The summed E-state index contributed by atoms with van der Waals surface area (Å²) >= 11 is 0. The molecule has 4 nitrogen and oxygen atoms in total. The van der Waals surface area contributed by atoms with Crippen LogP contribution in [0.4, 0.5) is 5.69 Å². The van der Waals surface area contributed by atoms with Gasteiger partial charge in [0.1, 0.15) is 5.76 Å². The van der Waals surface area contributed by atoms with Crippen molar-refractivity contribution in [1.29, 1.82) is 0 Å². The van der Waals surface area contributed by atoms with Crippen LogP contribution >= 0.6 is 0 Å². The molecule has 0 aliphatic heterocycles. The Kier molecular flexibility index (Phi) is 4.53. The van der Waals surface area contributed by atoms with Crippen LogP contribution in [0.1, 0.15) is 25.0 Å². The first kappa shape index (κ1) is 15.9. The first-order valence-electron chi connectivity index (χ1n) is 8.83. The van der Waals surface area contributed by atoms with Crippen LogP contribution in [0.15, 0.2) is 65.3 Å². The van der Waals surface area contributed by atoms with Gasteiger partial charge in [-0.05, 0) is 36.4 Å². The van der Waals surface area contributed by atoms with Crippen LogP contribution in [-0.4, -0.2) is 23.4 Å². The van der Waals surface area contributed by atoms with E-state index >= 15 is 0 Å². The molecule has 1 amide bonds. The lowest BCUT2D eigenvalue weighted by molar-refractivity contribution is -0.116. The van der Waals surface area contributed by atoms with Crippen LogP contribution in [-0.2, 0) is 11.3 Å². The van der Waals surface area contributed by atoms with E-state index in [-0.39, 0.29) is 5.91 Å². The third kappa shape index (κ3) is 3.91. The summed E-state index contributed by atoms with van der Waals surface area (Å²) in [7, 11) is 0. The minimum absolute atomic E-state index is 0.0569. The maximum Gasteiger partial charge on any atom is 0.225 e. The van der Waals surface area contributed by atoms with Crippen LogP contribution < -0.4 is 5.32 Å². The maximum absolute atomic E-state index is 12.4. The van der Waals surface area contributed by atoms with Gasteiger partial charge in [0.05, 0.1) is 12.8 Å². The van der Waals surface area contributed by atoms with Crippen molar-refractivity contribution in [3.8, 4) is 0 Å². The van der Waals surface area contributed by atoms with Crippen molar-refractivity contribution >= 4 is 22.4 Å². The summed E-state index contributed by atoms with van der Waals surface area (Å²) in [6.07, 6.45) is 4.62. The van der Waals surface area contributed by atoms with E-state index in [1.54, 1.807) is 6.26 Å². The zero-order valence-corrected chi connectivity index (χ0v) is 14.2. The molecule has 1 aliphatic carbocycles. The molecule has 1 aliphatic rings. The third-order valence-corrected chi connectivity index (χ3v) is 4.69. The van der Waals surface area contributed by atoms with Gasteiger partial charge in [-0.1, -0.05) is 36.4 Å². The molecule has 4 heteroatoms. The first-order chi connectivity index (χ1) is 12.3. The van der Waals surface area contributed by atoms with Crippen LogP contribution in [0.2, 0.25) is 0 Å². The molecule has 0 unspecified atom stereocenters. The van der Waals surface area contributed by atoms with E-state index in [0.29, 0.717) is 12.5 Å². The summed E-state index contributed by atoms with van der Waals surface area (Å²) in [6, 6.07) is 18.6. The molecule has 1 aromatic heterocycles. The summed E-state index contributed by atoms with van der Waals surface area (Å²) in [5.41, 5.74) is 0.882. The molecule has 0 radical (unpaired) electrons. The van der Waals surface area contributed by atoms with E-state index in [1.807, 2.05) is 42.5 Å². The van der Waals surface area contributed by atoms with Crippen molar-refractivity contribution in [2.45, 2.75) is 31.8 Å². The average molecular weight is 334 g/mol. The van der Waals surface area contributed by atoms with Gasteiger partial charge in [0.2, 0.25) is 5.91 Å². The van der Waals surface area contributed by atoms with Gasteiger partial charge in [0.15, 0.2) is 0 Å². The Morgan fingerprint density at radius 2 is 1.92 bits per heavy atom. The molecule has 1 fully saturated rings. The van der Waals surface area contributed by atoms with Crippen LogP contribution in [0.25, 0.3) is 10.8 Å². The fourth-order valence-electron chi connectivity index (χ4n) is 3.23. The van der Waals surface area contributed by atoms with Crippen molar-refractivity contribution in [2.24, 2.45) is 0 Å². The number of anilines is 1. The Bertz CT molecular complexity index is 848. The first-order valence-corrected chi connectivity index (χ1v) is 8.83. The Labute approximate surface area is 147 Å². The highest BCUT2D eigenvalue weighted by Crippen LogP contribution is 2.29. The molecule has 0 spiro atoms. The summed E-state index contributed by atoms with van der Waals surface area (Å²) in [5, 5.41) is 5.28. The Morgan fingerprint density at radius 3 is 2.72 bits per heavy atom. The number of hydrogen-bond acceptors (Lipinski definition) is 3. The largest absolute Gasteiger partial charge is 0.468 e. The third-order valence-electron chi connectivity index (χ3n) is 4.69. The number of hydrogen-bond donors (Lipinski definition) is 1. The van der Waals surface area contributed by atoms with Crippen molar-refractivity contribution < 1.29 is 9.21 Å². The van der Waals surface area contributed by atoms with Gasteiger partial charge >= 0.3 is 0 Å². The quantitative estimate of drug-likeness (QED) is 0.695. The summed E-state index contributed by atoms with van der Waals surface area (Å²) in [6.45, 7) is 1.53. The monoisotopic (exact) mass is 334 g/mol. The number of fused-ring (bicyclic) bond motifs is 1. The highest BCUT2D eigenvalue weighted by Gasteiger charge is 2.29. The van der Waals surface area contributed by atoms with Crippen molar-refractivity contribution in [3.05, 3.63) is 66.6 Å². The standard InChI is InChI=1S/C21H22N2O2/c24-21(22-20-9-3-6-16-5-1-2-8-19(16)20)12-13-23(17-10-11-17)15-18-7-4-14-25-18/h1-9,14,17H,10-13,15H2,(H,22,24). The number of furan rings is 1. The normalized spacial score (nSPS) is 14.1. The second-order valence-corrected chi connectivity index (χ2v) is 6.61. The van der Waals surface area contributed by atoms with Gasteiger partial charge in [-0.2, -0.15) is 0 Å². The molecule has 0 bridgehead atoms. The van der Waals surface area contributed by atoms with E-state index in [0.717, 1.165) is 35.3 Å². The van der Waals surface area contributed by atoms with Crippen LogP contribution in [0.3, 0.4) is 0 Å². The maximum atomic E-state index is 12.4. The zero-order chi connectivity index (χ0) is 17.1. The van der Waals surface area contributed by atoms with Gasteiger partial charge in [0, 0.05) is 30.1 Å². The number of benzene rings is 2. The fourth-order valence-corrected chi connectivity index (χ4v) is 3.23. The summed E-state index contributed by atoms with van der Waals surface area (Å²) < 4.78 is 5.45. The average Bonchev–Trinajstić information content (AvgIpc) is 3.35. The van der Waals surface area contributed by atoms with Crippen molar-refractivity contribution in [3.63, 3.8) is 0 Å². The summed E-state index contributed by atoms with van der Waals surface area (Å²) in [5.74, 6) is 1.02. The van der Waals surface area contributed by atoms with Gasteiger partial charge in [0.25, 0.3) is 0 Å². The molecule has 1 heterocycles. The molecule has 2 aromatic carbocycles. The topological polar surface area (TPSA) is 45.5 Å². The molecular formula is C21H22N2O2. The lowest BCUT2D eigenvalue weighted by Crippen LogP contribution is -2.29. The molecule has 1 N–H and O–H groups in total. The predicted octanol–water partition coefficient (Wildman–Crippen LogP) is 4.43. The Hall–Kier alpha value is -2.59. The van der Waals surface area contributed by atoms with Crippen LogP contribution in [0.5, 0.6) is 0 Å². The van der Waals surface area contributed by atoms with Gasteiger partial charge < -0.3 is 9.73 Å². The zero-order valence-electron chi connectivity index (χ0n) is 14.2. The second-order valence-electron chi connectivity index (χ2n) is 6.61. The summed E-state index contributed by atoms with van der Waals surface area (Å²) in [4.78, 5) is 14.8. The number of amides is 1. The molecule has 0 atom stereocenters. The number of carbonyl (C=O) groups is 1. The van der Waals surface area contributed by atoms with E-state index in [9.17, 15) is 4.79 Å². The van der Waals surface area contributed by atoms with E-state index in [1.165, 1.54) is 12.8 Å². The van der Waals surface area contributed by atoms with E-state index < -0.39 is 0 Å². The molecule has 0 saturated heterocycles. The smallest absolute Gasteiger partial charge is 0.225 e. The molecule has 1 saturated carbocycles. The highest BCUT2D eigenvalue weighted by molar-refractivity contribution is 6.02. The minimum atomic E-state index is 0.0569.